The fourth-order valence-corrected chi connectivity index (χ4v) is 4.68. The van der Waals surface area contributed by atoms with Gasteiger partial charge in [0.15, 0.2) is 0 Å². The van der Waals surface area contributed by atoms with Crippen LogP contribution >= 0.6 is 0 Å². The molecule has 4 atom stereocenters. The average Bonchev–Trinajstić information content (AvgIpc) is 3.15. The number of allylic oxidation sites excluding steroid dienone is 2. The molecule has 5 nitrogen and oxygen atoms in total. The van der Waals surface area contributed by atoms with Crippen molar-refractivity contribution in [2.75, 3.05) is 7.11 Å². The average molecular weight is 445 g/mol. The fourth-order valence-electron chi connectivity index (χ4n) is 4.68. The summed E-state index contributed by atoms with van der Waals surface area (Å²) in [5.41, 5.74) is 2.17. The number of ether oxygens (including phenoxy) is 2. The summed E-state index contributed by atoms with van der Waals surface area (Å²) in [6, 6.07) is 8.30. The third-order valence-electron chi connectivity index (χ3n) is 6.41. The summed E-state index contributed by atoms with van der Waals surface area (Å²) in [5, 5.41) is 10.6. The largest absolute Gasteiger partial charge is 0.469 e. The van der Waals surface area contributed by atoms with Gasteiger partial charge in [-0.1, -0.05) is 56.2 Å². The molecule has 0 heterocycles. The van der Waals surface area contributed by atoms with Crippen molar-refractivity contribution in [2.24, 2.45) is 5.92 Å². The number of rotatable bonds is 13. The van der Waals surface area contributed by atoms with Gasteiger partial charge in [0.25, 0.3) is 0 Å². The number of benzene rings is 1. The van der Waals surface area contributed by atoms with Crippen molar-refractivity contribution in [2.45, 2.75) is 96.2 Å². The normalized spacial score (nSPS) is 21.6. The first-order chi connectivity index (χ1) is 15.5. The van der Waals surface area contributed by atoms with Gasteiger partial charge in [-0.2, -0.15) is 0 Å². The van der Waals surface area contributed by atoms with Crippen LogP contribution in [0.15, 0.2) is 36.4 Å². The molecule has 0 bridgehead atoms. The third kappa shape index (κ3) is 8.42. The van der Waals surface area contributed by atoms with Crippen molar-refractivity contribution in [3.63, 3.8) is 0 Å². The highest BCUT2D eigenvalue weighted by atomic mass is 16.5. The van der Waals surface area contributed by atoms with Crippen LogP contribution in [-0.2, 0) is 19.1 Å². The van der Waals surface area contributed by atoms with Crippen molar-refractivity contribution in [3.8, 4) is 0 Å². The first-order valence-electron chi connectivity index (χ1n) is 12.1. The van der Waals surface area contributed by atoms with Gasteiger partial charge in [0, 0.05) is 19.3 Å². The number of aliphatic hydroxyl groups excluding tert-OH is 1. The summed E-state index contributed by atoms with van der Waals surface area (Å²) in [7, 11) is 1.42. The van der Waals surface area contributed by atoms with Gasteiger partial charge in [-0.25, -0.2) is 0 Å². The summed E-state index contributed by atoms with van der Waals surface area (Å²) < 4.78 is 10.2. The van der Waals surface area contributed by atoms with Crippen molar-refractivity contribution >= 4 is 11.9 Å². The van der Waals surface area contributed by atoms with Gasteiger partial charge in [-0.15, -0.1) is 0 Å². The Morgan fingerprint density at radius 1 is 1.12 bits per heavy atom. The maximum atomic E-state index is 11.6. The highest BCUT2D eigenvalue weighted by Gasteiger charge is 2.35. The predicted octanol–water partition coefficient (Wildman–Crippen LogP) is 6.02. The second kappa shape index (κ2) is 14.1. The Kier molecular flexibility index (Phi) is 11.5. The Bertz CT molecular complexity index is 724. The van der Waals surface area contributed by atoms with E-state index in [-0.39, 0.29) is 30.1 Å². The zero-order valence-electron chi connectivity index (χ0n) is 19.9. The van der Waals surface area contributed by atoms with E-state index in [4.69, 9.17) is 4.74 Å². The lowest BCUT2D eigenvalue weighted by molar-refractivity contribution is -0.147. The maximum Gasteiger partial charge on any atom is 0.305 e. The summed E-state index contributed by atoms with van der Waals surface area (Å²) in [6.07, 6.45) is 12.8. The van der Waals surface area contributed by atoms with Crippen LogP contribution in [0.3, 0.4) is 0 Å². The number of carbonyl (C=O) groups is 2. The summed E-state index contributed by atoms with van der Waals surface area (Å²) in [6.45, 7) is 3.63. The minimum absolute atomic E-state index is 0.121. The molecular weight excluding hydrogens is 404 g/mol. The third-order valence-corrected chi connectivity index (χ3v) is 6.41. The summed E-state index contributed by atoms with van der Waals surface area (Å²) >= 11 is 0. The second-order valence-electron chi connectivity index (χ2n) is 8.87. The van der Waals surface area contributed by atoms with Crippen LogP contribution in [-0.4, -0.2) is 30.3 Å². The Balaban J connectivity index is 1.97. The van der Waals surface area contributed by atoms with Gasteiger partial charge in [0.1, 0.15) is 6.10 Å². The number of carbonyl (C=O) groups excluding carboxylic acids is 2. The first kappa shape index (κ1) is 26.1. The monoisotopic (exact) mass is 444 g/mol. The lowest BCUT2D eigenvalue weighted by atomic mass is 9.85. The highest BCUT2D eigenvalue weighted by Crippen LogP contribution is 2.42. The molecule has 0 unspecified atom stereocenters. The Morgan fingerprint density at radius 2 is 1.88 bits per heavy atom. The molecule has 1 aromatic carbocycles. The smallest absolute Gasteiger partial charge is 0.305 e. The minimum atomic E-state index is -0.326. The van der Waals surface area contributed by atoms with Crippen molar-refractivity contribution in [1.82, 2.24) is 0 Å². The molecule has 2 rings (SSSR count). The van der Waals surface area contributed by atoms with E-state index in [1.165, 1.54) is 14.0 Å². The van der Waals surface area contributed by atoms with Crippen LogP contribution in [0.25, 0.3) is 0 Å². The van der Waals surface area contributed by atoms with E-state index < -0.39 is 0 Å². The highest BCUT2D eigenvalue weighted by molar-refractivity contribution is 5.69. The zero-order valence-corrected chi connectivity index (χ0v) is 19.9. The first-order valence-corrected chi connectivity index (χ1v) is 12.1. The molecule has 0 radical (unpaired) electrons. The number of hydrogen-bond acceptors (Lipinski definition) is 5. The van der Waals surface area contributed by atoms with Crippen LogP contribution in [0.1, 0.15) is 101 Å². The van der Waals surface area contributed by atoms with Crippen LogP contribution in [0.4, 0.5) is 0 Å². The lowest BCUT2D eigenvalue weighted by Crippen LogP contribution is -2.17. The molecule has 32 heavy (non-hydrogen) atoms. The van der Waals surface area contributed by atoms with E-state index in [1.54, 1.807) is 0 Å². The molecule has 5 heteroatoms. The molecule has 1 aromatic rings. The fraction of sp³-hybridized carbons (Fsp3) is 0.630. The SMILES string of the molecule is CCCCC[C@@H](OC(C)=O)c1ccc([C@@H]2[C@@H](CC=CCCCC(=O)OC)CC[C@@H]2O)cc1. The van der Waals surface area contributed by atoms with E-state index >= 15 is 0 Å². The van der Waals surface area contributed by atoms with Crippen LogP contribution < -0.4 is 0 Å². The molecule has 1 N–H and O–H groups in total. The van der Waals surface area contributed by atoms with Crippen LogP contribution in [0.2, 0.25) is 0 Å². The Labute approximate surface area is 193 Å². The number of aliphatic hydroxyl groups is 1. The molecule has 1 aliphatic rings. The van der Waals surface area contributed by atoms with Crippen molar-refractivity contribution in [3.05, 3.63) is 47.5 Å². The second-order valence-corrected chi connectivity index (χ2v) is 8.87. The van der Waals surface area contributed by atoms with Crippen LogP contribution in [0.5, 0.6) is 0 Å². The molecule has 1 aliphatic carbocycles. The van der Waals surface area contributed by atoms with E-state index in [9.17, 15) is 14.7 Å². The number of methoxy groups -OCH3 is 1. The van der Waals surface area contributed by atoms with E-state index in [2.05, 4.69) is 48.1 Å². The molecule has 0 aliphatic heterocycles. The molecule has 1 fully saturated rings. The van der Waals surface area contributed by atoms with Gasteiger partial charge in [0.2, 0.25) is 0 Å². The van der Waals surface area contributed by atoms with E-state index in [0.717, 1.165) is 68.9 Å². The van der Waals surface area contributed by atoms with Gasteiger partial charge in [-0.3, -0.25) is 9.59 Å². The molecular formula is C27H40O5. The molecule has 0 aromatic heterocycles. The van der Waals surface area contributed by atoms with E-state index in [1.807, 2.05) is 0 Å². The number of hydrogen-bond donors (Lipinski definition) is 1. The molecule has 0 amide bonds. The summed E-state index contributed by atoms with van der Waals surface area (Å²) in [5.74, 6) is 0.111. The lowest BCUT2D eigenvalue weighted by Gasteiger charge is -2.23. The van der Waals surface area contributed by atoms with Gasteiger partial charge in [0.05, 0.1) is 13.2 Å². The molecule has 0 spiro atoms. The van der Waals surface area contributed by atoms with Crippen molar-refractivity contribution in [1.29, 1.82) is 0 Å². The quantitative estimate of drug-likeness (QED) is 0.229. The predicted molar refractivity (Wildman–Crippen MR) is 126 cm³/mol. The molecule has 0 saturated heterocycles. The zero-order chi connectivity index (χ0) is 23.3. The molecule has 178 valence electrons. The van der Waals surface area contributed by atoms with Gasteiger partial charge < -0.3 is 14.6 Å². The van der Waals surface area contributed by atoms with Gasteiger partial charge >= 0.3 is 11.9 Å². The molecule has 1 saturated carbocycles. The number of esters is 2. The van der Waals surface area contributed by atoms with E-state index in [0.29, 0.717) is 12.3 Å². The summed E-state index contributed by atoms with van der Waals surface area (Å²) in [4.78, 5) is 22.7. The van der Waals surface area contributed by atoms with Crippen LogP contribution in [0, 0.1) is 5.92 Å². The Hall–Kier alpha value is -2.14. The topological polar surface area (TPSA) is 72.8 Å². The van der Waals surface area contributed by atoms with Crippen molar-refractivity contribution < 1.29 is 24.2 Å². The van der Waals surface area contributed by atoms with Gasteiger partial charge in [-0.05, 0) is 62.0 Å². The maximum absolute atomic E-state index is 11.6. The standard InChI is InChI=1S/C27H40O5/c1-4-5-8-12-25(32-20(2)28)21-14-16-23(17-15-21)27-22(18-19-24(27)29)11-9-6-7-10-13-26(30)31-3/h6,9,14-17,22,24-25,27,29H,4-5,7-8,10-13,18-19H2,1-3H3/t22-,24-,25+,27-/m0/s1. The number of unbranched alkanes of at least 4 members (excludes halogenated alkanes) is 3. The Morgan fingerprint density at radius 3 is 2.53 bits per heavy atom. The minimum Gasteiger partial charge on any atom is -0.469 e.